The third-order valence-corrected chi connectivity index (χ3v) is 6.25. The van der Waals surface area contributed by atoms with Crippen LogP contribution < -0.4 is 9.64 Å². The number of hydrogen-bond donors (Lipinski definition) is 1. The topological polar surface area (TPSA) is 66.8 Å². The van der Waals surface area contributed by atoms with Crippen LogP contribution in [0.5, 0.6) is 5.75 Å². The number of carbonyl (C=O) groups excluding carboxylic acids is 1. The molecule has 174 valence electrons. The zero-order chi connectivity index (χ0) is 24.2. The molecule has 0 saturated carbocycles. The number of carboxylic acid groups (broad SMARTS) is 1. The lowest BCUT2D eigenvalue weighted by Gasteiger charge is -2.20. The van der Waals surface area contributed by atoms with E-state index < -0.39 is 5.97 Å². The van der Waals surface area contributed by atoms with Crippen LogP contribution in [0.1, 0.15) is 27.9 Å². The van der Waals surface area contributed by atoms with Crippen LogP contribution in [0.25, 0.3) is 16.8 Å². The Labute approximate surface area is 203 Å². The van der Waals surface area contributed by atoms with E-state index >= 15 is 0 Å². The molecule has 1 N–H and O–H groups in total. The molecule has 0 fully saturated rings. The first-order chi connectivity index (χ1) is 17.1. The summed E-state index contributed by atoms with van der Waals surface area (Å²) in [5.74, 6) is -0.0485. The van der Waals surface area contributed by atoms with Crippen molar-refractivity contribution in [3.8, 4) is 5.75 Å². The van der Waals surface area contributed by atoms with E-state index in [0.29, 0.717) is 26.0 Å². The van der Waals surface area contributed by atoms with Crippen LogP contribution in [0.2, 0.25) is 0 Å². The fourth-order valence-electron chi connectivity index (χ4n) is 4.46. The molecule has 0 unspecified atom stereocenters. The molecule has 0 atom stereocenters. The summed E-state index contributed by atoms with van der Waals surface area (Å²) >= 11 is 0. The zero-order valence-electron chi connectivity index (χ0n) is 19.2. The van der Waals surface area contributed by atoms with Crippen LogP contribution in [0, 0.1) is 0 Å². The molecule has 4 aromatic rings. The lowest BCUT2D eigenvalue weighted by Crippen LogP contribution is -2.29. The van der Waals surface area contributed by atoms with E-state index in [2.05, 4.69) is 12.1 Å². The minimum Gasteiger partial charge on any atom is -0.493 e. The average molecular weight is 464 g/mol. The molecule has 5 heteroatoms. The molecule has 5 nitrogen and oxygen atoms in total. The fourth-order valence-corrected chi connectivity index (χ4v) is 4.46. The quantitative estimate of drug-likeness (QED) is 0.349. The SMILES string of the molecule is O=C(O)c1ccc(C=C(CCOc2cccc3ccccc23)CN2C(=O)Cc3ccccc32)cc1. The highest BCUT2D eigenvalue weighted by Crippen LogP contribution is 2.30. The zero-order valence-corrected chi connectivity index (χ0v) is 19.2. The van der Waals surface area contributed by atoms with Gasteiger partial charge in [-0.05, 0) is 46.4 Å². The van der Waals surface area contributed by atoms with E-state index in [4.69, 9.17) is 4.74 Å². The van der Waals surface area contributed by atoms with E-state index in [1.807, 2.05) is 65.6 Å². The molecule has 1 aliphatic heterocycles. The lowest BCUT2D eigenvalue weighted by atomic mass is 10.1. The minimum atomic E-state index is -0.955. The van der Waals surface area contributed by atoms with Crippen molar-refractivity contribution in [2.45, 2.75) is 12.8 Å². The molecule has 0 saturated heterocycles. The standard InChI is InChI=1S/C30H25NO4/c32-29-19-25-7-2-4-10-27(25)31(29)20-22(18-21-12-14-24(15-13-21)30(33)34)16-17-35-28-11-5-8-23-6-1-3-9-26(23)28/h1-15,18H,16-17,19-20H2,(H,33,34). The third kappa shape index (κ3) is 4.94. The number of carbonyl (C=O) groups is 2. The van der Waals surface area contributed by atoms with Crippen LogP contribution in [-0.2, 0) is 11.2 Å². The summed E-state index contributed by atoms with van der Waals surface area (Å²) < 4.78 is 6.18. The van der Waals surface area contributed by atoms with Gasteiger partial charge in [0.15, 0.2) is 0 Å². The molecule has 5 rings (SSSR count). The van der Waals surface area contributed by atoms with E-state index in [1.54, 1.807) is 24.3 Å². The highest BCUT2D eigenvalue weighted by molar-refractivity contribution is 6.01. The Morgan fingerprint density at radius 1 is 0.914 bits per heavy atom. The molecule has 0 aromatic heterocycles. The van der Waals surface area contributed by atoms with E-state index in [0.717, 1.165) is 38.9 Å². The monoisotopic (exact) mass is 463 g/mol. The number of carboxylic acids is 1. The predicted molar refractivity (Wildman–Crippen MR) is 138 cm³/mol. The summed E-state index contributed by atoms with van der Waals surface area (Å²) in [5, 5.41) is 11.4. The Bertz CT molecular complexity index is 1420. The number of hydrogen-bond acceptors (Lipinski definition) is 3. The Balaban J connectivity index is 1.38. The first kappa shape index (κ1) is 22.4. The van der Waals surface area contributed by atoms with E-state index in [9.17, 15) is 14.7 Å². The third-order valence-electron chi connectivity index (χ3n) is 6.25. The summed E-state index contributed by atoms with van der Waals surface area (Å²) in [6, 6.07) is 28.8. The summed E-state index contributed by atoms with van der Waals surface area (Å²) in [4.78, 5) is 25.8. The maximum atomic E-state index is 12.8. The summed E-state index contributed by atoms with van der Waals surface area (Å²) in [6.45, 7) is 0.909. The van der Waals surface area contributed by atoms with Gasteiger partial charge in [0.25, 0.3) is 0 Å². The number of fused-ring (bicyclic) bond motifs is 2. The minimum absolute atomic E-state index is 0.0771. The van der Waals surface area contributed by atoms with Crippen molar-refractivity contribution in [1.82, 2.24) is 0 Å². The number of benzene rings is 4. The molecule has 0 aliphatic carbocycles. The van der Waals surface area contributed by atoms with Gasteiger partial charge in [-0.15, -0.1) is 0 Å². The van der Waals surface area contributed by atoms with Crippen LogP contribution in [-0.4, -0.2) is 30.1 Å². The molecule has 35 heavy (non-hydrogen) atoms. The van der Waals surface area contributed by atoms with Gasteiger partial charge in [-0.25, -0.2) is 4.79 Å². The molecule has 0 radical (unpaired) electrons. The highest BCUT2D eigenvalue weighted by atomic mass is 16.5. The Morgan fingerprint density at radius 2 is 1.66 bits per heavy atom. The molecule has 4 aromatic carbocycles. The normalized spacial score (nSPS) is 13.2. The molecular formula is C30H25NO4. The fraction of sp³-hybridized carbons (Fsp3) is 0.133. The number of amides is 1. The predicted octanol–water partition coefficient (Wildman–Crippen LogP) is 5.98. The summed E-state index contributed by atoms with van der Waals surface area (Å²) in [5.41, 5.74) is 4.13. The maximum Gasteiger partial charge on any atom is 0.335 e. The summed E-state index contributed by atoms with van der Waals surface area (Å²) in [7, 11) is 0. The van der Waals surface area contributed by atoms with Gasteiger partial charge >= 0.3 is 5.97 Å². The lowest BCUT2D eigenvalue weighted by molar-refractivity contribution is -0.117. The number of rotatable bonds is 8. The maximum absolute atomic E-state index is 12.8. The number of para-hydroxylation sites is 1. The van der Waals surface area contributed by atoms with Gasteiger partial charge in [0.05, 0.1) is 18.6 Å². The van der Waals surface area contributed by atoms with Crippen molar-refractivity contribution in [3.63, 3.8) is 0 Å². The Kier molecular flexibility index (Phi) is 6.31. The molecule has 1 heterocycles. The highest BCUT2D eigenvalue weighted by Gasteiger charge is 2.27. The smallest absolute Gasteiger partial charge is 0.335 e. The largest absolute Gasteiger partial charge is 0.493 e. The van der Waals surface area contributed by atoms with Crippen molar-refractivity contribution in [3.05, 3.63) is 113 Å². The van der Waals surface area contributed by atoms with Crippen molar-refractivity contribution in [2.75, 3.05) is 18.1 Å². The Morgan fingerprint density at radius 3 is 2.49 bits per heavy atom. The van der Waals surface area contributed by atoms with Crippen molar-refractivity contribution >= 4 is 34.4 Å². The molecule has 0 bridgehead atoms. The second-order valence-electron chi connectivity index (χ2n) is 8.59. The van der Waals surface area contributed by atoms with Crippen molar-refractivity contribution in [1.29, 1.82) is 0 Å². The number of anilines is 1. The van der Waals surface area contributed by atoms with Crippen LogP contribution >= 0.6 is 0 Å². The first-order valence-electron chi connectivity index (χ1n) is 11.6. The van der Waals surface area contributed by atoms with Gasteiger partial charge in [0.2, 0.25) is 5.91 Å². The van der Waals surface area contributed by atoms with Crippen LogP contribution in [0.4, 0.5) is 5.69 Å². The molecule has 1 aliphatic rings. The van der Waals surface area contributed by atoms with E-state index in [1.165, 1.54) is 0 Å². The van der Waals surface area contributed by atoms with Gasteiger partial charge in [-0.2, -0.15) is 0 Å². The number of nitrogens with zero attached hydrogens (tertiary/aromatic N) is 1. The Hall–Kier alpha value is -4.38. The molecule has 1 amide bonds. The van der Waals surface area contributed by atoms with Crippen LogP contribution in [0.15, 0.2) is 96.6 Å². The van der Waals surface area contributed by atoms with Gasteiger partial charge in [-0.1, -0.05) is 72.8 Å². The second-order valence-corrected chi connectivity index (χ2v) is 8.59. The second kappa shape index (κ2) is 9.85. The van der Waals surface area contributed by atoms with Gasteiger partial charge < -0.3 is 14.7 Å². The van der Waals surface area contributed by atoms with Gasteiger partial charge in [0.1, 0.15) is 5.75 Å². The molecule has 0 spiro atoms. The van der Waals surface area contributed by atoms with Crippen molar-refractivity contribution in [2.24, 2.45) is 0 Å². The van der Waals surface area contributed by atoms with Crippen LogP contribution in [0.3, 0.4) is 0 Å². The molecular weight excluding hydrogens is 438 g/mol. The van der Waals surface area contributed by atoms with Gasteiger partial charge in [0, 0.05) is 24.0 Å². The number of ether oxygens (including phenoxy) is 1. The first-order valence-corrected chi connectivity index (χ1v) is 11.6. The average Bonchev–Trinajstić information content (AvgIpc) is 3.19. The summed E-state index contributed by atoms with van der Waals surface area (Å²) in [6.07, 6.45) is 3.05. The number of aromatic carboxylic acids is 1. The van der Waals surface area contributed by atoms with Gasteiger partial charge in [-0.3, -0.25) is 4.79 Å². The van der Waals surface area contributed by atoms with Crippen molar-refractivity contribution < 1.29 is 19.4 Å². The van der Waals surface area contributed by atoms with E-state index in [-0.39, 0.29) is 11.5 Å².